The van der Waals surface area contributed by atoms with Crippen molar-refractivity contribution in [3.8, 4) is 11.5 Å². The van der Waals surface area contributed by atoms with Gasteiger partial charge < -0.3 is 14.8 Å². The van der Waals surface area contributed by atoms with E-state index in [9.17, 15) is 0 Å². The zero-order valence-corrected chi connectivity index (χ0v) is 13.7. The first-order chi connectivity index (χ1) is 10.2. The summed E-state index contributed by atoms with van der Waals surface area (Å²) in [6.07, 6.45) is 2.05. The monoisotopic (exact) mass is 347 g/mol. The lowest BCUT2D eigenvalue weighted by Gasteiger charge is -2.29. The van der Waals surface area contributed by atoms with Crippen molar-refractivity contribution in [1.82, 2.24) is 0 Å². The first-order valence-electron chi connectivity index (χ1n) is 6.98. The topological polar surface area (TPSA) is 30.5 Å². The molecule has 2 aromatic carbocycles. The van der Waals surface area contributed by atoms with Crippen molar-refractivity contribution in [2.45, 2.75) is 18.9 Å². The van der Waals surface area contributed by atoms with Gasteiger partial charge in [-0.3, -0.25) is 0 Å². The smallest absolute Gasteiger partial charge is 0.143 e. The number of aryl methyl sites for hydroxylation is 1. The molecule has 3 rings (SSSR count). The van der Waals surface area contributed by atoms with Crippen LogP contribution < -0.4 is 14.8 Å². The lowest BCUT2D eigenvalue weighted by Crippen LogP contribution is -2.19. The Bertz CT molecular complexity index is 640. The Morgan fingerprint density at radius 2 is 1.86 bits per heavy atom. The molecule has 2 aromatic rings. The molecule has 0 aromatic heterocycles. The van der Waals surface area contributed by atoms with E-state index in [2.05, 4.69) is 33.4 Å². The average molecular weight is 348 g/mol. The van der Waals surface area contributed by atoms with Crippen LogP contribution in [0.2, 0.25) is 0 Å². The summed E-state index contributed by atoms with van der Waals surface area (Å²) in [5.74, 6) is 1.80. The number of ether oxygens (including phenoxy) is 2. The largest absolute Gasteiger partial charge is 0.496 e. The van der Waals surface area contributed by atoms with Gasteiger partial charge in [0, 0.05) is 10.0 Å². The first-order valence-corrected chi connectivity index (χ1v) is 7.78. The normalized spacial score (nSPS) is 16.8. The van der Waals surface area contributed by atoms with E-state index in [1.807, 2.05) is 24.3 Å². The SMILES string of the molecule is COc1ccccc1C1CCc2cc(Br)cc(OC)c2N1. The number of methoxy groups -OCH3 is 2. The number of nitrogens with one attached hydrogen (secondary N) is 1. The minimum Gasteiger partial charge on any atom is -0.496 e. The van der Waals surface area contributed by atoms with Crippen molar-refractivity contribution < 1.29 is 9.47 Å². The Morgan fingerprint density at radius 3 is 2.62 bits per heavy atom. The predicted molar refractivity (Wildman–Crippen MR) is 88.4 cm³/mol. The van der Waals surface area contributed by atoms with Gasteiger partial charge in [-0.1, -0.05) is 34.1 Å². The van der Waals surface area contributed by atoms with Crippen LogP contribution in [-0.4, -0.2) is 14.2 Å². The zero-order valence-electron chi connectivity index (χ0n) is 12.2. The Hall–Kier alpha value is -1.68. The molecule has 0 fully saturated rings. The van der Waals surface area contributed by atoms with E-state index < -0.39 is 0 Å². The Balaban J connectivity index is 1.97. The number of rotatable bonds is 3. The molecule has 3 nitrogen and oxygen atoms in total. The molecular formula is C17H18BrNO2. The van der Waals surface area contributed by atoms with Gasteiger partial charge in [0.15, 0.2) is 0 Å². The van der Waals surface area contributed by atoms with E-state index in [4.69, 9.17) is 9.47 Å². The highest BCUT2D eigenvalue weighted by molar-refractivity contribution is 9.10. The van der Waals surface area contributed by atoms with Gasteiger partial charge in [0.25, 0.3) is 0 Å². The Labute approximate surface area is 133 Å². The minimum absolute atomic E-state index is 0.240. The number of hydrogen-bond donors (Lipinski definition) is 1. The molecule has 1 aliphatic rings. The molecule has 0 saturated carbocycles. The van der Waals surface area contributed by atoms with E-state index in [0.717, 1.165) is 34.5 Å². The van der Waals surface area contributed by atoms with Crippen LogP contribution in [0.3, 0.4) is 0 Å². The van der Waals surface area contributed by atoms with Crippen molar-refractivity contribution in [1.29, 1.82) is 0 Å². The van der Waals surface area contributed by atoms with Gasteiger partial charge in [0.1, 0.15) is 11.5 Å². The van der Waals surface area contributed by atoms with E-state index in [-0.39, 0.29) is 6.04 Å². The van der Waals surface area contributed by atoms with Gasteiger partial charge in [-0.2, -0.15) is 0 Å². The summed E-state index contributed by atoms with van der Waals surface area (Å²) in [5, 5.41) is 3.61. The van der Waals surface area contributed by atoms with Crippen LogP contribution in [0.1, 0.15) is 23.6 Å². The number of halogens is 1. The van der Waals surface area contributed by atoms with Crippen LogP contribution in [-0.2, 0) is 6.42 Å². The summed E-state index contributed by atoms with van der Waals surface area (Å²) < 4.78 is 12.0. The van der Waals surface area contributed by atoms with Crippen LogP contribution in [0.25, 0.3) is 0 Å². The van der Waals surface area contributed by atoms with Crippen LogP contribution in [0.5, 0.6) is 11.5 Å². The highest BCUT2D eigenvalue weighted by Gasteiger charge is 2.24. The molecule has 0 aliphatic carbocycles. The third-order valence-corrected chi connectivity index (χ3v) is 4.36. The van der Waals surface area contributed by atoms with Crippen LogP contribution in [0, 0.1) is 0 Å². The maximum atomic E-state index is 5.51. The van der Waals surface area contributed by atoms with E-state index in [0.29, 0.717) is 0 Å². The maximum absolute atomic E-state index is 5.51. The van der Waals surface area contributed by atoms with Crippen LogP contribution in [0.15, 0.2) is 40.9 Å². The summed E-state index contributed by atoms with van der Waals surface area (Å²) in [6.45, 7) is 0. The second kappa shape index (κ2) is 5.98. The lowest BCUT2D eigenvalue weighted by molar-refractivity contribution is 0.403. The lowest BCUT2D eigenvalue weighted by atomic mass is 9.92. The molecule has 1 N–H and O–H groups in total. The molecular weight excluding hydrogens is 330 g/mol. The van der Waals surface area contributed by atoms with Gasteiger partial charge in [-0.25, -0.2) is 0 Å². The molecule has 0 spiro atoms. The highest BCUT2D eigenvalue weighted by Crippen LogP contribution is 2.42. The standard InChI is InChI=1S/C17H18BrNO2/c1-20-15-6-4-3-5-13(15)14-8-7-11-9-12(18)10-16(21-2)17(11)19-14/h3-6,9-10,14,19H,7-8H2,1-2H3. The molecule has 21 heavy (non-hydrogen) atoms. The first kappa shape index (κ1) is 14.3. The Kier molecular flexibility index (Phi) is 4.06. The molecule has 4 heteroatoms. The quantitative estimate of drug-likeness (QED) is 0.882. The van der Waals surface area contributed by atoms with Crippen molar-refractivity contribution in [3.05, 3.63) is 52.0 Å². The number of benzene rings is 2. The molecule has 1 aliphatic heterocycles. The predicted octanol–water partition coefficient (Wildman–Crippen LogP) is 4.57. The number of hydrogen-bond acceptors (Lipinski definition) is 3. The molecule has 1 heterocycles. The van der Waals surface area contributed by atoms with Crippen molar-refractivity contribution in [2.24, 2.45) is 0 Å². The second-order valence-corrected chi connectivity index (χ2v) is 6.04. The van der Waals surface area contributed by atoms with Crippen LogP contribution in [0.4, 0.5) is 5.69 Å². The van der Waals surface area contributed by atoms with Gasteiger partial charge >= 0.3 is 0 Å². The number of fused-ring (bicyclic) bond motifs is 1. The molecule has 0 radical (unpaired) electrons. The fourth-order valence-electron chi connectivity index (χ4n) is 2.89. The van der Waals surface area contributed by atoms with Crippen molar-refractivity contribution in [3.63, 3.8) is 0 Å². The third-order valence-electron chi connectivity index (χ3n) is 3.90. The maximum Gasteiger partial charge on any atom is 0.143 e. The summed E-state index contributed by atoms with van der Waals surface area (Å²) in [6, 6.07) is 12.6. The highest BCUT2D eigenvalue weighted by atomic mass is 79.9. The molecule has 0 amide bonds. The summed E-state index contributed by atoms with van der Waals surface area (Å²) in [4.78, 5) is 0. The van der Waals surface area contributed by atoms with Crippen molar-refractivity contribution in [2.75, 3.05) is 19.5 Å². The molecule has 0 saturated heterocycles. The van der Waals surface area contributed by atoms with Gasteiger partial charge in [0.05, 0.1) is 25.9 Å². The van der Waals surface area contributed by atoms with E-state index in [1.165, 1.54) is 11.1 Å². The van der Waals surface area contributed by atoms with Gasteiger partial charge in [0.2, 0.25) is 0 Å². The van der Waals surface area contributed by atoms with Gasteiger partial charge in [-0.15, -0.1) is 0 Å². The summed E-state index contributed by atoms with van der Waals surface area (Å²) in [7, 11) is 3.42. The summed E-state index contributed by atoms with van der Waals surface area (Å²) in [5.41, 5.74) is 3.56. The minimum atomic E-state index is 0.240. The zero-order chi connectivity index (χ0) is 14.8. The van der Waals surface area contributed by atoms with Crippen molar-refractivity contribution >= 4 is 21.6 Å². The Morgan fingerprint density at radius 1 is 1.10 bits per heavy atom. The van der Waals surface area contributed by atoms with Gasteiger partial charge in [-0.05, 0) is 36.6 Å². The number of anilines is 1. The van der Waals surface area contributed by atoms with E-state index >= 15 is 0 Å². The molecule has 1 atom stereocenters. The fraction of sp³-hybridized carbons (Fsp3) is 0.294. The fourth-order valence-corrected chi connectivity index (χ4v) is 3.38. The average Bonchev–Trinajstić information content (AvgIpc) is 2.53. The van der Waals surface area contributed by atoms with E-state index in [1.54, 1.807) is 14.2 Å². The molecule has 1 unspecified atom stereocenters. The third kappa shape index (κ3) is 2.72. The molecule has 0 bridgehead atoms. The molecule has 110 valence electrons. The van der Waals surface area contributed by atoms with Crippen LogP contribution >= 0.6 is 15.9 Å². The number of para-hydroxylation sites is 1. The second-order valence-electron chi connectivity index (χ2n) is 5.12. The summed E-state index contributed by atoms with van der Waals surface area (Å²) >= 11 is 3.54.